The van der Waals surface area contributed by atoms with Gasteiger partial charge in [-0.15, -0.1) is 16.4 Å². The molecule has 5 aromatic rings. The van der Waals surface area contributed by atoms with Crippen molar-refractivity contribution in [1.82, 2.24) is 39.5 Å². The average molecular weight is 671 g/mol. The van der Waals surface area contributed by atoms with Crippen LogP contribution in [-0.2, 0) is 12.0 Å². The zero-order valence-electron chi connectivity index (χ0n) is 26.8. The lowest BCUT2D eigenvalue weighted by Gasteiger charge is -2.34. The Labute approximate surface area is 279 Å². The number of hydrogen-bond acceptors (Lipinski definition) is 11. The first-order valence-electron chi connectivity index (χ1n) is 15.1. The molecule has 2 N–H and O–H groups in total. The summed E-state index contributed by atoms with van der Waals surface area (Å²) in [5.74, 6) is 1.13. The van der Waals surface area contributed by atoms with Crippen LogP contribution in [0.2, 0.25) is 0 Å². The third-order valence-electron chi connectivity index (χ3n) is 7.90. The lowest BCUT2D eigenvalue weighted by atomic mass is 9.93. The maximum absolute atomic E-state index is 14.0. The number of aromatic nitrogens is 7. The van der Waals surface area contributed by atoms with Gasteiger partial charge in [-0.3, -0.25) is 19.3 Å². The second-order valence-corrected chi connectivity index (χ2v) is 13.0. The predicted octanol–water partition coefficient (Wildman–Crippen LogP) is 3.71. The van der Waals surface area contributed by atoms with E-state index >= 15 is 0 Å². The number of carbonyl (C=O) groups is 2. The van der Waals surface area contributed by atoms with Crippen LogP contribution in [0, 0.1) is 0 Å². The monoisotopic (exact) mass is 670 g/mol. The van der Waals surface area contributed by atoms with Crippen molar-refractivity contribution >= 4 is 52.1 Å². The number of hydrogen-bond donors (Lipinski definition) is 2. The van der Waals surface area contributed by atoms with Crippen molar-refractivity contribution in [2.75, 3.05) is 43.5 Å². The quantitative estimate of drug-likeness (QED) is 0.246. The zero-order chi connectivity index (χ0) is 34.0. The van der Waals surface area contributed by atoms with E-state index in [9.17, 15) is 19.5 Å². The van der Waals surface area contributed by atoms with E-state index in [0.29, 0.717) is 42.0 Å². The van der Waals surface area contributed by atoms with Crippen molar-refractivity contribution < 1.29 is 19.4 Å². The number of benzene rings is 1. The Kier molecular flexibility index (Phi) is 8.90. The number of rotatable bonds is 8. The van der Waals surface area contributed by atoms with Crippen molar-refractivity contribution in [3.8, 4) is 5.75 Å². The molecule has 0 spiro atoms. The van der Waals surface area contributed by atoms with Gasteiger partial charge in [0.1, 0.15) is 17.2 Å². The van der Waals surface area contributed by atoms with Crippen LogP contribution < -0.4 is 20.5 Å². The summed E-state index contributed by atoms with van der Waals surface area (Å²) in [5, 5.41) is 26.8. The molecule has 1 aliphatic heterocycles. The number of carbonyl (C=O) groups excluding carboxylic acids is 1. The summed E-state index contributed by atoms with van der Waals surface area (Å²) < 4.78 is 8.21. The fourth-order valence-electron chi connectivity index (χ4n) is 5.13. The van der Waals surface area contributed by atoms with E-state index in [1.54, 1.807) is 36.1 Å². The van der Waals surface area contributed by atoms with Crippen LogP contribution in [0.25, 0.3) is 17.8 Å². The van der Waals surface area contributed by atoms with Crippen LogP contribution in [0.15, 0.2) is 52.8 Å². The molecule has 5 heterocycles. The van der Waals surface area contributed by atoms with E-state index < -0.39 is 6.09 Å². The third-order valence-corrected chi connectivity index (χ3v) is 8.66. The molecule has 0 atom stereocenters. The average Bonchev–Trinajstić information content (AvgIpc) is 3.74. The number of nitrogens with zero attached hydrogens (tertiary/aromatic N) is 9. The second kappa shape index (κ2) is 13.2. The number of fused-ring (bicyclic) bond motifs is 1. The number of amides is 2. The van der Waals surface area contributed by atoms with Gasteiger partial charge in [-0.2, -0.15) is 0 Å². The molecule has 0 bridgehead atoms. The molecule has 48 heavy (non-hydrogen) atoms. The Morgan fingerprint density at radius 3 is 2.48 bits per heavy atom. The molecule has 0 aliphatic carbocycles. The first-order chi connectivity index (χ1) is 23.0. The molecule has 1 fully saturated rings. The number of pyridine rings is 1. The summed E-state index contributed by atoms with van der Waals surface area (Å²) in [6.07, 6.45) is 3.77. The summed E-state index contributed by atoms with van der Waals surface area (Å²) in [5.41, 5.74) is 2.13. The number of tetrazole rings is 1. The number of carboxylic acid groups (broad SMARTS) is 1. The lowest BCUT2D eigenvalue weighted by Crippen LogP contribution is -2.49. The molecule has 0 saturated carbocycles. The standard InChI is InChI=1S/C32H34N10O5S/c1-32(2,3)24-19-48-30(33-24)35-28(43)21-11-12-41-26(17-21)34-27(39-13-15-40(16-14-39)31(45)46)23(29(41)44)9-10-25-36-37-38-42(25)18-20-5-7-22(47-4)8-6-20/h5-12,17,19H,13-16,18H2,1-4H3,(H,45,46)(H,33,35,43). The van der Waals surface area contributed by atoms with Gasteiger partial charge in [0.2, 0.25) is 0 Å². The van der Waals surface area contributed by atoms with Gasteiger partial charge in [0.05, 0.1) is 24.9 Å². The highest BCUT2D eigenvalue weighted by Crippen LogP contribution is 2.27. The van der Waals surface area contributed by atoms with Crippen LogP contribution in [0.3, 0.4) is 0 Å². The van der Waals surface area contributed by atoms with E-state index in [-0.39, 0.29) is 41.2 Å². The third kappa shape index (κ3) is 6.88. The summed E-state index contributed by atoms with van der Waals surface area (Å²) in [6.45, 7) is 7.67. The molecule has 1 saturated heterocycles. The van der Waals surface area contributed by atoms with Crippen molar-refractivity contribution in [1.29, 1.82) is 0 Å². The van der Waals surface area contributed by atoms with Gasteiger partial charge in [-0.05, 0) is 52.4 Å². The Balaban J connectivity index is 1.33. The van der Waals surface area contributed by atoms with Gasteiger partial charge in [0, 0.05) is 48.7 Å². The highest BCUT2D eigenvalue weighted by Gasteiger charge is 2.25. The number of ether oxygens (including phenoxy) is 1. The molecule has 248 valence electrons. The van der Waals surface area contributed by atoms with E-state index in [2.05, 4.69) is 25.8 Å². The van der Waals surface area contributed by atoms with Crippen LogP contribution in [0.5, 0.6) is 5.75 Å². The molecular formula is C32H34N10O5S. The fourth-order valence-corrected chi connectivity index (χ4v) is 6.06. The molecule has 15 nitrogen and oxygen atoms in total. The van der Waals surface area contributed by atoms with E-state index in [1.807, 2.05) is 55.3 Å². The van der Waals surface area contributed by atoms with Gasteiger partial charge in [-0.1, -0.05) is 32.9 Å². The molecule has 2 amide bonds. The molecule has 0 unspecified atom stereocenters. The van der Waals surface area contributed by atoms with Crippen LogP contribution in [0.1, 0.15) is 53.8 Å². The van der Waals surface area contributed by atoms with E-state index in [1.165, 1.54) is 26.8 Å². The second-order valence-electron chi connectivity index (χ2n) is 12.2. The molecule has 1 aromatic carbocycles. The molecule has 16 heteroatoms. The topological polar surface area (TPSA) is 173 Å². The predicted molar refractivity (Wildman–Crippen MR) is 181 cm³/mol. The molecule has 0 radical (unpaired) electrons. The highest BCUT2D eigenvalue weighted by atomic mass is 32.1. The molecule has 6 rings (SSSR count). The minimum atomic E-state index is -1.00. The van der Waals surface area contributed by atoms with Crippen molar-refractivity contribution in [3.05, 3.63) is 86.5 Å². The van der Waals surface area contributed by atoms with E-state index in [0.717, 1.165) is 17.0 Å². The lowest BCUT2D eigenvalue weighted by molar-refractivity contribution is 0.102. The normalized spacial score (nSPS) is 13.8. The Morgan fingerprint density at radius 1 is 1.06 bits per heavy atom. The van der Waals surface area contributed by atoms with E-state index in [4.69, 9.17) is 9.72 Å². The Hall–Kier alpha value is -5.64. The van der Waals surface area contributed by atoms with Crippen molar-refractivity contribution in [2.24, 2.45) is 0 Å². The fraction of sp³-hybridized carbons (Fsp3) is 0.312. The highest BCUT2D eigenvalue weighted by molar-refractivity contribution is 7.14. The number of piperazine rings is 1. The summed E-state index contributed by atoms with van der Waals surface area (Å²) in [4.78, 5) is 51.3. The number of methoxy groups -OCH3 is 1. The van der Waals surface area contributed by atoms with Crippen molar-refractivity contribution in [3.63, 3.8) is 0 Å². The van der Waals surface area contributed by atoms with Gasteiger partial charge in [-0.25, -0.2) is 19.4 Å². The van der Waals surface area contributed by atoms with Gasteiger partial charge < -0.3 is 19.6 Å². The molecule has 1 aliphatic rings. The smallest absolute Gasteiger partial charge is 0.407 e. The first-order valence-corrected chi connectivity index (χ1v) is 16.0. The number of thiazole rings is 1. The number of anilines is 2. The SMILES string of the molecule is COc1ccc(Cn2nnnc2C=Cc2c(N3CCN(C(=O)O)CC3)nc3cc(C(=O)Nc4nc(C(C)(C)C)cs4)ccn3c2=O)cc1. The maximum atomic E-state index is 14.0. The zero-order valence-corrected chi connectivity index (χ0v) is 27.6. The Morgan fingerprint density at radius 2 is 1.81 bits per heavy atom. The minimum absolute atomic E-state index is 0.158. The molecule has 4 aromatic heterocycles. The van der Waals surface area contributed by atoms with Crippen LogP contribution in [0.4, 0.5) is 15.7 Å². The summed E-state index contributed by atoms with van der Waals surface area (Å²) >= 11 is 1.34. The van der Waals surface area contributed by atoms with Crippen LogP contribution in [-0.4, -0.2) is 89.9 Å². The van der Waals surface area contributed by atoms with Crippen molar-refractivity contribution in [2.45, 2.75) is 32.7 Å². The Bertz CT molecular complexity index is 2050. The van der Waals surface area contributed by atoms with Gasteiger partial charge >= 0.3 is 6.09 Å². The van der Waals surface area contributed by atoms with Gasteiger partial charge in [0.15, 0.2) is 11.0 Å². The largest absolute Gasteiger partial charge is 0.497 e. The molecular weight excluding hydrogens is 636 g/mol. The summed E-state index contributed by atoms with van der Waals surface area (Å²) in [6, 6.07) is 10.6. The summed E-state index contributed by atoms with van der Waals surface area (Å²) in [7, 11) is 1.60. The number of nitrogens with one attached hydrogen (secondary N) is 1. The van der Waals surface area contributed by atoms with Crippen LogP contribution >= 0.6 is 11.3 Å². The first kappa shape index (κ1) is 32.3. The minimum Gasteiger partial charge on any atom is -0.497 e. The maximum Gasteiger partial charge on any atom is 0.407 e. The van der Waals surface area contributed by atoms with Gasteiger partial charge in [0.25, 0.3) is 11.5 Å².